The third-order valence-corrected chi connectivity index (χ3v) is 7.46. The summed E-state index contributed by atoms with van der Waals surface area (Å²) in [4.78, 5) is 12.9. The monoisotopic (exact) mass is 435 g/mol. The van der Waals surface area contributed by atoms with Gasteiger partial charge < -0.3 is 4.74 Å². The number of hydrogen-bond donors (Lipinski definition) is 0. The lowest BCUT2D eigenvalue weighted by Gasteiger charge is -2.34. The molecular formula is C25H25NO4S. The number of sulfonamides is 1. The van der Waals surface area contributed by atoms with Gasteiger partial charge in [0.1, 0.15) is 6.04 Å². The maximum atomic E-state index is 13.5. The maximum absolute atomic E-state index is 13.5. The summed E-state index contributed by atoms with van der Waals surface area (Å²) in [7, 11) is -3.88. The van der Waals surface area contributed by atoms with Gasteiger partial charge in [-0.25, -0.2) is 8.42 Å². The fraction of sp³-hybridized carbons (Fsp3) is 0.240. The molecule has 1 atom stereocenters. The fourth-order valence-electron chi connectivity index (χ4n) is 3.91. The number of carbonyl (C=O) groups is 1. The third-order valence-electron chi connectivity index (χ3n) is 5.59. The summed E-state index contributed by atoms with van der Waals surface area (Å²) in [5.41, 5.74) is 4.91. The van der Waals surface area contributed by atoms with E-state index in [4.69, 9.17) is 4.74 Å². The Morgan fingerprint density at radius 1 is 0.968 bits per heavy atom. The number of ether oxygens (including phenoxy) is 1. The zero-order chi connectivity index (χ0) is 22.0. The Kier molecular flexibility index (Phi) is 5.94. The van der Waals surface area contributed by atoms with Crippen LogP contribution in [0.2, 0.25) is 0 Å². The van der Waals surface area contributed by atoms with E-state index in [1.54, 1.807) is 31.2 Å². The Bertz CT molecular complexity index is 1190. The number of aryl methyl sites for hydroxylation is 1. The average Bonchev–Trinajstić information content (AvgIpc) is 2.79. The Labute approximate surface area is 183 Å². The normalized spacial score (nSPS) is 16.5. The molecule has 0 bridgehead atoms. The quantitative estimate of drug-likeness (QED) is 0.559. The van der Waals surface area contributed by atoms with E-state index in [2.05, 4.69) is 0 Å². The topological polar surface area (TPSA) is 63.7 Å². The van der Waals surface area contributed by atoms with E-state index in [9.17, 15) is 13.2 Å². The first-order chi connectivity index (χ1) is 14.9. The van der Waals surface area contributed by atoms with Crippen LogP contribution in [0.15, 0.2) is 77.7 Å². The summed E-state index contributed by atoms with van der Waals surface area (Å²) in [6.07, 6.45) is 0.286. The average molecular weight is 436 g/mol. The number of carbonyl (C=O) groups excluding carboxylic acids is 1. The van der Waals surface area contributed by atoms with Crippen LogP contribution in [-0.4, -0.2) is 31.3 Å². The van der Waals surface area contributed by atoms with Gasteiger partial charge in [-0.15, -0.1) is 0 Å². The largest absolute Gasteiger partial charge is 0.465 e. The highest BCUT2D eigenvalue weighted by atomic mass is 32.2. The molecule has 0 radical (unpaired) electrons. The molecule has 1 aliphatic rings. The Morgan fingerprint density at radius 3 is 2.35 bits per heavy atom. The van der Waals surface area contributed by atoms with Gasteiger partial charge in [0, 0.05) is 13.0 Å². The first kappa shape index (κ1) is 21.3. The van der Waals surface area contributed by atoms with Crippen molar-refractivity contribution in [3.63, 3.8) is 0 Å². The van der Waals surface area contributed by atoms with E-state index in [0.717, 1.165) is 27.8 Å². The Balaban J connectivity index is 1.76. The van der Waals surface area contributed by atoms with Crippen LogP contribution in [0.5, 0.6) is 0 Å². The summed E-state index contributed by atoms with van der Waals surface area (Å²) in [5.74, 6) is -0.518. The van der Waals surface area contributed by atoms with Gasteiger partial charge in [-0.1, -0.05) is 60.2 Å². The lowest BCUT2D eigenvalue weighted by Crippen LogP contribution is -2.49. The fourth-order valence-corrected chi connectivity index (χ4v) is 5.46. The highest BCUT2D eigenvalue weighted by Crippen LogP contribution is 2.32. The molecule has 0 N–H and O–H groups in total. The molecule has 0 fully saturated rings. The molecule has 0 amide bonds. The van der Waals surface area contributed by atoms with E-state index in [-0.39, 0.29) is 24.5 Å². The molecule has 0 aliphatic carbocycles. The van der Waals surface area contributed by atoms with Crippen molar-refractivity contribution in [1.82, 2.24) is 4.31 Å². The lowest BCUT2D eigenvalue weighted by molar-refractivity contribution is -0.148. The molecule has 1 heterocycles. The summed E-state index contributed by atoms with van der Waals surface area (Å²) in [5, 5.41) is 0. The molecule has 1 aliphatic heterocycles. The van der Waals surface area contributed by atoms with Crippen molar-refractivity contribution < 1.29 is 17.9 Å². The summed E-state index contributed by atoms with van der Waals surface area (Å²) < 4.78 is 33.5. The first-order valence-electron chi connectivity index (χ1n) is 10.3. The van der Waals surface area contributed by atoms with Gasteiger partial charge >= 0.3 is 5.97 Å². The molecule has 0 saturated heterocycles. The molecule has 4 rings (SSSR count). The Morgan fingerprint density at radius 2 is 1.68 bits per heavy atom. The second-order valence-electron chi connectivity index (χ2n) is 7.68. The van der Waals surface area contributed by atoms with Gasteiger partial charge in [0.05, 0.1) is 11.5 Å². The van der Waals surface area contributed by atoms with Crippen molar-refractivity contribution in [2.24, 2.45) is 0 Å². The van der Waals surface area contributed by atoms with Crippen LogP contribution < -0.4 is 0 Å². The predicted octanol–water partition coefficient (Wildman–Crippen LogP) is 4.34. The number of benzene rings is 3. The minimum atomic E-state index is -3.88. The minimum absolute atomic E-state index is 0.121. The van der Waals surface area contributed by atoms with Crippen molar-refractivity contribution in [2.45, 2.75) is 37.8 Å². The van der Waals surface area contributed by atoms with Crippen LogP contribution in [0.4, 0.5) is 0 Å². The van der Waals surface area contributed by atoms with Crippen molar-refractivity contribution in [2.75, 3.05) is 6.61 Å². The van der Waals surface area contributed by atoms with Crippen molar-refractivity contribution in [3.05, 3.63) is 89.5 Å². The number of nitrogens with zero attached hydrogens (tertiary/aromatic N) is 1. The van der Waals surface area contributed by atoms with Crippen molar-refractivity contribution >= 4 is 16.0 Å². The van der Waals surface area contributed by atoms with Crippen LogP contribution in [0.3, 0.4) is 0 Å². The van der Waals surface area contributed by atoms with E-state index in [0.29, 0.717) is 0 Å². The molecule has 0 spiro atoms. The highest BCUT2D eigenvalue weighted by molar-refractivity contribution is 7.89. The van der Waals surface area contributed by atoms with Crippen LogP contribution in [0.25, 0.3) is 11.1 Å². The first-order valence-corrected chi connectivity index (χ1v) is 11.8. The number of fused-ring (bicyclic) bond motifs is 1. The molecule has 3 aromatic carbocycles. The zero-order valence-corrected chi connectivity index (χ0v) is 18.4. The molecule has 6 heteroatoms. The van der Waals surface area contributed by atoms with Crippen LogP contribution in [0.1, 0.15) is 23.6 Å². The van der Waals surface area contributed by atoms with Gasteiger partial charge in [-0.3, -0.25) is 4.79 Å². The maximum Gasteiger partial charge on any atom is 0.324 e. The van der Waals surface area contributed by atoms with Gasteiger partial charge in [-0.2, -0.15) is 4.31 Å². The van der Waals surface area contributed by atoms with E-state index >= 15 is 0 Å². The number of esters is 1. The zero-order valence-electron chi connectivity index (χ0n) is 17.6. The SMILES string of the molecule is CCOC(=O)C1Cc2ccc(-c3ccccc3)cc2CN1S(=O)(=O)c1ccc(C)cc1. The second-order valence-corrected chi connectivity index (χ2v) is 9.58. The molecular weight excluding hydrogens is 410 g/mol. The number of rotatable bonds is 5. The van der Waals surface area contributed by atoms with Gasteiger partial charge in [-0.05, 0) is 54.3 Å². The van der Waals surface area contributed by atoms with Gasteiger partial charge in [0.15, 0.2) is 0 Å². The van der Waals surface area contributed by atoms with Crippen LogP contribution >= 0.6 is 0 Å². The summed E-state index contributed by atoms with van der Waals surface area (Å²) in [6.45, 7) is 3.95. The molecule has 160 valence electrons. The molecule has 0 aromatic heterocycles. The smallest absolute Gasteiger partial charge is 0.324 e. The van der Waals surface area contributed by atoms with Gasteiger partial charge in [0.25, 0.3) is 0 Å². The minimum Gasteiger partial charge on any atom is -0.465 e. The molecule has 31 heavy (non-hydrogen) atoms. The highest BCUT2D eigenvalue weighted by Gasteiger charge is 2.40. The van der Waals surface area contributed by atoms with E-state index < -0.39 is 22.0 Å². The van der Waals surface area contributed by atoms with E-state index in [1.807, 2.05) is 55.5 Å². The molecule has 5 nitrogen and oxygen atoms in total. The number of hydrogen-bond acceptors (Lipinski definition) is 4. The van der Waals surface area contributed by atoms with Crippen molar-refractivity contribution in [1.29, 1.82) is 0 Å². The molecule has 1 unspecified atom stereocenters. The van der Waals surface area contributed by atoms with Crippen LogP contribution in [-0.2, 0) is 32.5 Å². The lowest BCUT2D eigenvalue weighted by atomic mass is 9.92. The van der Waals surface area contributed by atoms with Gasteiger partial charge in [0.2, 0.25) is 10.0 Å². The van der Waals surface area contributed by atoms with Crippen LogP contribution in [0, 0.1) is 6.92 Å². The summed E-state index contributed by atoms with van der Waals surface area (Å²) >= 11 is 0. The standard InChI is InChI=1S/C25H25NO4S/c1-3-30-25(27)24-16-21-12-11-20(19-7-5-4-6-8-19)15-22(21)17-26(24)31(28,29)23-13-9-18(2)10-14-23/h4-15,24H,3,16-17H2,1-2H3. The summed E-state index contributed by atoms with van der Waals surface area (Å²) in [6, 6.07) is 21.8. The third kappa shape index (κ3) is 4.27. The van der Waals surface area contributed by atoms with Crippen molar-refractivity contribution in [3.8, 4) is 11.1 Å². The predicted molar refractivity (Wildman–Crippen MR) is 120 cm³/mol. The molecule has 0 saturated carbocycles. The Hall–Kier alpha value is -2.96. The molecule has 3 aromatic rings. The van der Waals surface area contributed by atoms with E-state index in [1.165, 1.54) is 4.31 Å². The second kappa shape index (κ2) is 8.65.